The molecular formula is C20H26O7. The Labute approximate surface area is 158 Å². The Hall–Kier alpha value is -1.67. The zero-order valence-electron chi connectivity index (χ0n) is 16.0. The van der Waals surface area contributed by atoms with Gasteiger partial charge in [0.1, 0.15) is 22.8 Å². The Kier molecular flexibility index (Phi) is 5.49. The number of Topliss-reactive ketones (excluding diaryl/α,β-unsaturated/α-hetero) is 2. The highest BCUT2D eigenvalue weighted by molar-refractivity contribution is 5.82. The first kappa shape index (κ1) is 20.1. The fraction of sp³-hybridized carbons (Fsp3) is 0.650. The van der Waals surface area contributed by atoms with E-state index in [9.17, 15) is 14.4 Å². The molecule has 2 saturated heterocycles. The van der Waals surface area contributed by atoms with E-state index in [0.717, 1.165) is 6.29 Å². The number of methoxy groups -OCH3 is 2. The Bertz CT molecular complexity index is 680. The smallest absolute Gasteiger partial charge is 0.189 e. The van der Waals surface area contributed by atoms with Crippen LogP contribution in [0.4, 0.5) is 0 Å². The second-order valence-electron chi connectivity index (χ2n) is 7.56. The number of fused-ring (bicyclic) bond motifs is 4. The lowest BCUT2D eigenvalue weighted by molar-refractivity contribution is -0.199. The van der Waals surface area contributed by atoms with Crippen LogP contribution in [0.15, 0.2) is 24.3 Å². The highest BCUT2D eigenvalue weighted by Crippen LogP contribution is 2.45. The molecule has 6 atom stereocenters. The normalized spacial score (nSPS) is 40.3. The van der Waals surface area contributed by atoms with Crippen molar-refractivity contribution in [2.75, 3.05) is 14.2 Å². The zero-order chi connectivity index (χ0) is 19.8. The number of carbonyl (C=O) groups excluding carboxylic acids is 3. The molecule has 0 saturated carbocycles. The summed E-state index contributed by atoms with van der Waals surface area (Å²) in [5, 5.41) is 0. The number of ketones is 2. The van der Waals surface area contributed by atoms with Crippen molar-refractivity contribution in [2.45, 2.75) is 56.4 Å². The Morgan fingerprint density at radius 1 is 1.00 bits per heavy atom. The van der Waals surface area contributed by atoms with Gasteiger partial charge in [-0.3, -0.25) is 14.4 Å². The van der Waals surface area contributed by atoms with Crippen LogP contribution in [0.2, 0.25) is 0 Å². The van der Waals surface area contributed by atoms with Gasteiger partial charge in [-0.05, 0) is 38.8 Å². The van der Waals surface area contributed by atoms with Crippen LogP contribution in [0.25, 0.3) is 0 Å². The van der Waals surface area contributed by atoms with Crippen LogP contribution in [0.5, 0.6) is 0 Å². The van der Waals surface area contributed by atoms with Crippen LogP contribution in [0, 0.1) is 11.8 Å². The van der Waals surface area contributed by atoms with Crippen molar-refractivity contribution in [3.05, 3.63) is 24.3 Å². The first-order valence-corrected chi connectivity index (χ1v) is 9.07. The summed E-state index contributed by atoms with van der Waals surface area (Å²) in [7, 11) is 3.16. The summed E-state index contributed by atoms with van der Waals surface area (Å²) >= 11 is 0. The van der Waals surface area contributed by atoms with Crippen LogP contribution < -0.4 is 0 Å². The number of rotatable bonds is 6. The van der Waals surface area contributed by atoms with Crippen LogP contribution in [0.1, 0.15) is 26.7 Å². The molecule has 0 N–H and O–H groups in total. The van der Waals surface area contributed by atoms with Crippen LogP contribution in [0.3, 0.4) is 0 Å². The molecule has 7 nitrogen and oxygen atoms in total. The SMILES string of the molecule is CC(=O)C1CC2(C=O)C=CC1O2.COC(OC)C12C=CC(O1)C(C(C)=O)C2. The molecule has 7 heteroatoms. The molecule has 6 unspecified atom stereocenters. The maximum Gasteiger partial charge on any atom is 0.189 e. The minimum atomic E-state index is -0.777. The van der Waals surface area contributed by atoms with Gasteiger partial charge in [0.05, 0.1) is 24.0 Å². The third-order valence-electron chi connectivity index (χ3n) is 5.79. The first-order chi connectivity index (χ1) is 12.8. The molecule has 0 aromatic rings. The number of hydrogen-bond donors (Lipinski definition) is 0. The lowest BCUT2D eigenvalue weighted by Crippen LogP contribution is -2.42. The number of aldehydes is 1. The Morgan fingerprint density at radius 2 is 1.56 bits per heavy atom. The van der Waals surface area contributed by atoms with Gasteiger partial charge >= 0.3 is 0 Å². The maximum absolute atomic E-state index is 11.4. The summed E-state index contributed by atoms with van der Waals surface area (Å²) < 4.78 is 21.6. The summed E-state index contributed by atoms with van der Waals surface area (Å²) in [6.07, 6.45) is 8.70. The molecule has 4 aliphatic rings. The predicted octanol–water partition coefficient (Wildman–Crippen LogP) is 1.40. The molecule has 4 rings (SSSR count). The monoisotopic (exact) mass is 378 g/mol. The van der Waals surface area contributed by atoms with Crippen LogP contribution in [-0.4, -0.2) is 61.8 Å². The van der Waals surface area contributed by atoms with Crippen molar-refractivity contribution < 1.29 is 33.3 Å². The molecule has 4 aliphatic heterocycles. The van der Waals surface area contributed by atoms with E-state index in [1.54, 1.807) is 34.1 Å². The van der Waals surface area contributed by atoms with Crippen molar-refractivity contribution in [2.24, 2.45) is 11.8 Å². The van der Waals surface area contributed by atoms with E-state index < -0.39 is 17.5 Å². The zero-order valence-corrected chi connectivity index (χ0v) is 16.0. The van der Waals surface area contributed by atoms with E-state index in [-0.39, 0.29) is 35.6 Å². The maximum atomic E-state index is 11.4. The highest BCUT2D eigenvalue weighted by Gasteiger charge is 2.55. The van der Waals surface area contributed by atoms with Crippen LogP contribution >= 0.6 is 0 Å². The average Bonchev–Trinajstić information content (AvgIpc) is 3.41. The summed E-state index contributed by atoms with van der Waals surface area (Å²) in [4.78, 5) is 33.1. The molecule has 27 heavy (non-hydrogen) atoms. The molecule has 0 radical (unpaired) electrons. The Balaban J connectivity index is 0.000000159. The summed E-state index contributed by atoms with van der Waals surface area (Å²) in [6.45, 7) is 3.14. The van der Waals surface area contributed by atoms with Gasteiger partial charge in [0.15, 0.2) is 12.6 Å². The van der Waals surface area contributed by atoms with Crippen molar-refractivity contribution >= 4 is 17.9 Å². The molecule has 148 valence electrons. The van der Waals surface area contributed by atoms with E-state index in [1.807, 2.05) is 18.2 Å². The van der Waals surface area contributed by atoms with Gasteiger partial charge in [-0.2, -0.15) is 0 Å². The molecular weight excluding hydrogens is 352 g/mol. The largest absolute Gasteiger partial charge is 0.358 e. The highest BCUT2D eigenvalue weighted by atomic mass is 16.7. The molecule has 4 bridgehead atoms. The van der Waals surface area contributed by atoms with Crippen molar-refractivity contribution in [1.29, 1.82) is 0 Å². The third-order valence-corrected chi connectivity index (χ3v) is 5.79. The predicted molar refractivity (Wildman–Crippen MR) is 94.9 cm³/mol. The molecule has 0 aromatic heterocycles. The standard InChI is InChI=1S/C11H16O4.C9H10O3/c1-7(12)8-6-11(10(13-2)14-3)5-4-9(8)15-11;1-6(11)7-4-9(5-10)3-2-8(7)12-9/h4-5,8-10H,6H2,1-3H3;2-3,5,7-8H,4H2,1H3. The topological polar surface area (TPSA) is 88.1 Å². The van der Waals surface area contributed by atoms with E-state index >= 15 is 0 Å². The first-order valence-electron chi connectivity index (χ1n) is 9.07. The third kappa shape index (κ3) is 3.45. The summed E-state index contributed by atoms with van der Waals surface area (Å²) in [6, 6.07) is 0. The van der Waals surface area contributed by atoms with E-state index in [1.165, 1.54) is 0 Å². The lowest BCUT2D eigenvalue weighted by Gasteiger charge is -2.30. The van der Waals surface area contributed by atoms with E-state index in [0.29, 0.717) is 12.8 Å². The minimum absolute atomic E-state index is 0.0530. The number of carbonyl (C=O) groups is 3. The fourth-order valence-corrected chi connectivity index (χ4v) is 4.35. The van der Waals surface area contributed by atoms with Gasteiger partial charge in [-0.25, -0.2) is 0 Å². The van der Waals surface area contributed by atoms with Crippen molar-refractivity contribution in [3.63, 3.8) is 0 Å². The van der Waals surface area contributed by atoms with Crippen molar-refractivity contribution in [1.82, 2.24) is 0 Å². The van der Waals surface area contributed by atoms with Crippen molar-refractivity contribution in [3.8, 4) is 0 Å². The van der Waals surface area contributed by atoms with Crippen LogP contribution in [-0.2, 0) is 33.3 Å². The molecule has 4 heterocycles. The second-order valence-corrected chi connectivity index (χ2v) is 7.56. The fourth-order valence-electron chi connectivity index (χ4n) is 4.35. The Morgan fingerprint density at radius 3 is 2.00 bits per heavy atom. The van der Waals surface area contributed by atoms with Gasteiger partial charge in [0.2, 0.25) is 0 Å². The second kappa shape index (κ2) is 7.39. The van der Waals surface area contributed by atoms with Gasteiger partial charge in [-0.1, -0.05) is 12.2 Å². The molecule has 0 aromatic carbocycles. The summed E-state index contributed by atoms with van der Waals surface area (Å²) in [5.74, 6) is 0.105. The van der Waals surface area contributed by atoms with E-state index in [2.05, 4.69) is 0 Å². The van der Waals surface area contributed by atoms with Gasteiger partial charge < -0.3 is 18.9 Å². The minimum Gasteiger partial charge on any atom is -0.358 e. The quantitative estimate of drug-likeness (QED) is 0.392. The molecule has 0 aliphatic carbocycles. The average molecular weight is 378 g/mol. The molecule has 2 fully saturated rings. The van der Waals surface area contributed by atoms with E-state index in [4.69, 9.17) is 18.9 Å². The molecule has 0 spiro atoms. The number of hydrogen-bond acceptors (Lipinski definition) is 7. The summed E-state index contributed by atoms with van der Waals surface area (Å²) in [5.41, 5.74) is -1.34. The van der Waals surface area contributed by atoms with Gasteiger partial charge in [-0.15, -0.1) is 0 Å². The number of ether oxygens (including phenoxy) is 4. The lowest BCUT2D eigenvalue weighted by atomic mass is 9.84. The van der Waals surface area contributed by atoms with Gasteiger partial charge in [0.25, 0.3) is 0 Å². The van der Waals surface area contributed by atoms with Gasteiger partial charge in [0, 0.05) is 14.2 Å². The molecule has 0 amide bonds.